The molecule has 0 aliphatic carbocycles. The molecule has 0 spiro atoms. The predicted octanol–water partition coefficient (Wildman–Crippen LogP) is 5.64. The first-order valence-electron chi connectivity index (χ1n) is 8.87. The summed E-state index contributed by atoms with van der Waals surface area (Å²) >= 11 is 0. The Morgan fingerprint density at radius 3 is 1.91 bits per heavy atom. The van der Waals surface area contributed by atoms with Gasteiger partial charge in [-0.25, -0.2) is 0 Å². The standard InChI is InChI=1S/C22H31N/c1-17(2)23(18(3)4)16-15-22(20-12-7-6-8-13-20)21-14-10-9-11-19(21)5/h6-14,17-18,22H,15-16H2,1-5H3. The summed E-state index contributed by atoms with van der Waals surface area (Å²) in [6.07, 6.45) is 1.16. The average Bonchev–Trinajstić information content (AvgIpc) is 2.53. The van der Waals surface area contributed by atoms with Gasteiger partial charge in [-0.2, -0.15) is 0 Å². The van der Waals surface area contributed by atoms with Crippen molar-refractivity contribution in [1.29, 1.82) is 0 Å². The summed E-state index contributed by atoms with van der Waals surface area (Å²) in [7, 11) is 0. The Bertz CT molecular complexity index is 578. The molecule has 1 nitrogen and oxygen atoms in total. The fourth-order valence-corrected chi connectivity index (χ4v) is 3.56. The fraction of sp³-hybridized carbons (Fsp3) is 0.455. The molecule has 0 heterocycles. The minimum atomic E-state index is 0.470. The van der Waals surface area contributed by atoms with Gasteiger partial charge in [0.25, 0.3) is 0 Å². The molecule has 2 aromatic rings. The highest BCUT2D eigenvalue weighted by atomic mass is 15.2. The molecule has 2 aromatic carbocycles. The number of hydrogen-bond donors (Lipinski definition) is 0. The van der Waals surface area contributed by atoms with Crippen LogP contribution in [0.15, 0.2) is 54.6 Å². The van der Waals surface area contributed by atoms with Gasteiger partial charge in [0.15, 0.2) is 0 Å². The Morgan fingerprint density at radius 2 is 1.35 bits per heavy atom. The maximum Gasteiger partial charge on any atom is 0.0104 e. The van der Waals surface area contributed by atoms with Gasteiger partial charge in [-0.3, -0.25) is 4.90 Å². The van der Waals surface area contributed by atoms with E-state index < -0.39 is 0 Å². The molecule has 0 radical (unpaired) electrons. The molecule has 0 bridgehead atoms. The third-order valence-corrected chi connectivity index (χ3v) is 4.77. The van der Waals surface area contributed by atoms with Gasteiger partial charge in [-0.1, -0.05) is 54.6 Å². The lowest BCUT2D eigenvalue weighted by Crippen LogP contribution is -2.38. The first-order chi connectivity index (χ1) is 11.0. The lowest BCUT2D eigenvalue weighted by atomic mass is 9.86. The second-order valence-corrected chi connectivity index (χ2v) is 7.03. The van der Waals surface area contributed by atoms with Crippen molar-refractivity contribution in [2.45, 2.75) is 59.0 Å². The van der Waals surface area contributed by atoms with Crippen molar-refractivity contribution in [3.63, 3.8) is 0 Å². The second kappa shape index (κ2) is 8.31. The summed E-state index contributed by atoms with van der Waals surface area (Å²) in [6, 6.07) is 21.0. The van der Waals surface area contributed by atoms with E-state index in [-0.39, 0.29) is 0 Å². The van der Waals surface area contributed by atoms with Gasteiger partial charge in [0.05, 0.1) is 0 Å². The van der Waals surface area contributed by atoms with Gasteiger partial charge in [0.1, 0.15) is 0 Å². The molecule has 1 atom stereocenters. The molecular formula is C22H31N. The summed E-state index contributed by atoms with van der Waals surface area (Å²) in [5.41, 5.74) is 4.28. The van der Waals surface area contributed by atoms with Crippen LogP contribution in [0.5, 0.6) is 0 Å². The van der Waals surface area contributed by atoms with Crippen molar-refractivity contribution in [1.82, 2.24) is 4.90 Å². The van der Waals surface area contributed by atoms with Crippen molar-refractivity contribution in [2.24, 2.45) is 0 Å². The Hall–Kier alpha value is -1.60. The molecule has 1 unspecified atom stereocenters. The van der Waals surface area contributed by atoms with Gasteiger partial charge in [-0.05, 0) is 64.3 Å². The Kier molecular flexibility index (Phi) is 6.41. The monoisotopic (exact) mass is 309 g/mol. The Morgan fingerprint density at radius 1 is 0.783 bits per heavy atom. The van der Waals surface area contributed by atoms with Crippen LogP contribution in [0.25, 0.3) is 0 Å². The number of rotatable bonds is 7. The molecule has 0 amide bonds. The van der Waals surface area contributed by atoms with Crippen molar-refractivity contribution in [2.75, 3.05) is 6.54 Å². The van der Waals surface area contributed by atoms with E-state index in [0.29, 0.717) is 18.0 Å². The van der Waals surface area contributed by atoms with E-state index in [4.69, 9.17) is 0 Å². The van der Waals surface area contributed by atoms with Crippen LogP contribution >= 0.6 is 0 Å². The summed E-state index contributed by atoms with van der Waals surface area (Å²) in [5, 5.41) is 0. The number of hydrogen-bond acceptors (Lipinski definition) is 1. The molecular weight excluding hydrogens is 278 g/mol. The average molecular weight is 309 g/mol. The van der Waals surface area contributed by atoms with Crippen molar-refractivity contribution in [3.8, 4) is 0 Å². The zero-order chi connectivity index (χ0) is 16.8. The molecule has 1 heteroatoms. The third-order valence-electron chi connectivity index (χ3n) is 4.77. The molecule has 0 aliphatic rings. The van der Waals surface area contributed by atoms with Gasteiger partial charge in [0, 0.05) is 18.0 Å². The van der Waals surface area contributed by atoms with Gasteiger partial charge >= 0.3 is 0 Å². The Labute approximate surface area is 142 Å². The van der Waals surface area contributed by atoms with Crippen LogP contribution in [0.4, 0.5) is 0 Å². The van der Waals surface area contributed by atoms with E-state index in [9.17, 15) is 0 Å². The highest BCUT2D eigenvalue weighted by Crippen LogP contribution is 2.30. The SMILES string of the molecule is Cc1ccccc1C(CCN(C(C)C)C(C)C)c1ccccc1. The Balaban J connectivity index is 2.27. The highest BCUT2D eigenvalue weighted by Gasteiger charge is 2.19. The second-order valence-electron chi connectivity index (χ2n) is 7.03. The van der Waals surface area contributed by atoms with E-state index in [0.717, 1.165) is 13.0 Å². The third kappa shape index (κ3) is 4.68. The molecule has 0 saturated carbocycles. The van der Waals surface area contributed by atoms with Gasteiger partial charge in [-0.15, -0.1) is 0 Å². The van der Waals surface area contributed by atoms with E-state index in [1.807, 2.05) is 0 Å². The summed E-state index contributed by atoms with van der Waals surface area (Å²) in [5.74, 6) is 0.470. The van der Waals surface area contributed by atoms with Crippen LogP contribution in [0, 0.1) is 6.92 Å². The summed E-state index contributed by atoms with van der Waals surface area (Å²) in [4.78, 5) is 2.59. The lowest BCUT2D eigenvalue weighted by Gasteiger charge is -2.32. The van der Waals surface area contributed by atoms with E-state index in [1.54, 1.807) is 0 Å². The molecule has 0 fully saturated rings. The quantitative estimate of drug-likeness (QED) is 0.640. The smallest absolute Gasteiger partial charge is 0.0104 e. The van der Waals surface area contributed by atoms with Crippen LogP contribution in [0.2, 0.25) is 0 Å². The predicted molar refractivity (Wildman–Crippen MR) is 101 cm³/mol. The van der Waals surface area contributed by atoms with Gasteiger partial charge < -0.3 is 0 Å². The minimum absolute atomic E-state index is 0.470. The van der Waals surface area contributed by atoms with Crippen LogP contribution in [0.3, 0.4) is 0 Å². The molecule has 2 rings (SSSR count). The minimum Gasteiger partial charge on any atom is -0.299 e. The van der Waals surface area contributed by atoms with Gasteiger partial charge in [0.2, 0.25) is 0 Å². The zero-order valence-electron chi connectivity index (χ0n) is 15.3. The van der Waals surface area contributed by atoms with Crippen LogP contribution in [-0.2, 0) is 0 Å². The maximum atomic E-state index is 2.59. The summed E-state index contributed by atoms with van der Waals surface area (Å²) in [6.45, 7) is 12.5. The molecule has 0 N–H and O–H groups in total. The van der Waals surface area contributed by atoms with Crippen LogP contribution < -0.4 is 0 Å². The molecule has 0 aliphatic heterocycles. The van der Waals surface area contributed by atoms with Crippen molar-refractivity contribution < 1.29 is 0 Å². The maximum absolute atomic E-state index is 2.59. The van der Waals surface area contributed by atoms with E-state index in [1.165, 1.54) is 16.7 Å². The van der Waals surface area contributed by atoms with Crippen LogP contribution in [0.1, 0.15) is 56.7 Å². The van der Waals surface area contributed by atoms with Crippen LogP contribution in [-0.4, -0.2) is 23.5 Å². The molecule has 0 saturated heterocycles. The number of aryl methyl sites for hydroxylation is 1. The first-order valence-corrected chi connectivity index (χ1v) is 8.87. The first kappa shape index (κ1) is 17.7. The molecule has 23 heavy (non-hydrogen) atoms. The number of nitrogens with zero attached hydrogens (tertiary/aromatic N) is 1. The van der Waals surface area contributed by atoms with E-state index >= 15 is 0 Å². The van der Waals surface area contributed by atoms with Crippen molar-refractivity contribution in [3.05, 3.63) is 71.3 Å². The number of benzene rings is 2. The largest absolute Gasteiger partial charge is 0.299 e. The zero-order valence-corrected chi connectivity index (χ0v) is 15.3. The van der Waals surface area contributed by atoms with Crippen molar-refractivity contribution >= 4 is 0 Å². The topological polar surface area (TPSA) is 3.24 Å². The molecule has 124 valence electrons. The molecule has 0 aromatic heterocycles. The highest BCUT2D eigenvalue weighted by molar-refractivity contribution is 5.37. The fourth-order valence-electron chi connectivity index (χ4n) is 3.56. The normalized spacial score (nSPS) is 13.0. The lowest BCUT2D eigenvalue weighted by molar-refractivity contribution is 0.170. The summed E-state index contributed by atoms with van der Waals surface area (Å²) < 4.78 is 0. The van der Waals surface area contributed by atoms with E-state index in [2.05, 4.69) is 94.1 Å².